The van der Waals surface area contributed by atoms with Crippen molar-refractivity contribution in [3.05, 3.63) is 22.4 Å². The molecule has 0 unspecified atom stereocenters. The van der Waals surface area contributed by atoms with E-state index < -0.39 is 18.0 Å². The van der Waals surface area contributed by atoms with Gasteiger partial charge in [-0.25, -0.2) is 0 Å². The summed E-state index contributed by atoms with van der Waals surface area (Å²) in [4.78, 5) is 25.2. The molecule has 1 aliphatic rings. The van der Waals surface area contributed by atoms with Crippen molar-refractivity contribution in [1.29, 1.82) is 0 Å². The lowest BCUT2D eigenvalue weighted by molar-refractivity contribution is -0.187. The van der Waals surface area contributed by atoms with Crippen LogP contribution >= 0.6 is 11.3 Å². The number of hydrogen-bond donors (Lipinski definition) is 1. The first-order chi connectivity index (χ1) is 9.88. The Kier molecular flexibility index (Phi) is 4.87. The van der Waals surface area contributed by atoms with E-state index in [1.54, 1.807) is 17.5 Å². The molecule has 1 atom stereocenters. The maximum atomic E-state index is 12.7. The average Bonchev–Trinajstić information content (AvgIpc) is 2.98. The van der Waals surface area contributed by atoms with Gasteiger partial charge in [0.25, 0.3) is 5.91 Å². The molecule has 1 saturated heterocycles. The number of carbonyl (C=O) groups is 2. The van der Waals surface area contributed by atoms with Gasteiger partial charge in [0.1, 0.15) is 0 Å². The van der Waals surface area contributed by atoms with E-state index in [9.17, 15) is 22.8 Å². The van der Waals surface area contributed by atoms with E-state index in [4.69, 9.17) is 0 Å². The molecule has 2 rings (SSSR count). The van der Waals surface area contributed by atoms with Crippen molar-refractivity contribution in [3.8, 4) is 0 Å². The van der Waals surface area contributed by atoms with E-state index in [0.717, 1.165) is 0 Å². The highest BCUT2D eigenvalue weighted by molar-refractivity contribution is 7.12. The van der Waals surface area contributed by atoms with Gasteiger partial charge in [-0.05, 0) is 24.3 Å². The first kappa shape index (κ1) is 15.8. The predicted octanol–water partition coefficient (Wildman–Crippen LogP) is 2.28. The number of rotatable bonds is 3. The van der Waals surface area contributed by atoms with Crippen LogP contribution in [-0.4, -0.2) is 42.5 Å². The maximum absolute atomic E-state index is 12.7. The fourth-order valence-corrected chi connectivity index (χ4v) is 2.87. The molecule has 0 aromatic carbocycles. The van der Waals surface area contributed by atoms with Gasteiger partial charge in [0.15, 0.2) is 0 Å². The monoisotopic (exact) mass is 320 g/mol. The number of nitrogens with one attached hydrogen (secondary N) is 1. The second-order valence-corrected chi connectivity index (χ2v) is 5.83. The van der Waals surface area contributed by atoms with Crippen LogP contribution in [-0.2, 0) is 4.79 Å². The molecule has 2 amide bonds. The van der Waals surface area contributed by atoms with E-state index in [1.807, 2.05) is 0 Å². The van der Waals surface area contributed by atoms with Crippen molar-refractivity contribution in [2.75, 3.05) is 19.6 Å². The number of thiophene rings is 1. The maximum Gasteiger partial charge on any atom is 0.393 e. The van der Waals surface area contributed by atoms with Gasteiger partial charge in [-0.3, -0.25) is 9.59 Å². The molecule has 4 nitrogen and oxygen atoms in total. The van der Waals surface area contributed by atoms with Gasteiger partial charge in [-0.1, -0.05) is 6.07 Å². The van der Waals surface area contributed by atoms with Gasteiger partial charge in [0.05, 0.1) is 17.3 Å². The van der Waals surface area contributed by atoms with Crippen molar-refractivity contribution >= 4 is 23.2 Å². The van der Waals surface area contributed by atoms with E-state index in [2.05, 4.69) is 5.32 Å². The van der Waals surface area contributed by atoms with Crippen molar-refractivity contribution in [2.24, 2.45) is 5.92 Å². The highest BCUT2D eigenvalue weighted by Gasteiger charge is 2.42. The van der Waals surface area contributed by atoms with Crippen LogP contribution < -0.4 is 5.32 Å². The van der Waals surface area contributed by atoms with E-state index in [1.165, 1.54) is 16.2 Å². The predicted molar refractivity (Wildman–Crippen MR) is 72.0 cm³/mol. The lowest BCUT2D eigenvalue weighted by Crippen LogP contribution is -2.47. The van der Waals surface area contributed by atoms with Crippen LogP contribution in [0, 0.1) is 5.92 Å². The fourth-order valence-electron chi connectivity index (χ4n) is 2.23. The van der Waals surface area contributed by atoms with Crippen molar-refractivity contribution in [1.82, 2.24) is 10.2 Å². The highest BCUT2D eigenvalue weighted by atomic mass is 32.1. The van der Waals surface area contributed by atoms with Gasteiger partial charge in [0, 0.05) is 13.1 Å². The Morgan fingerprint density at radius 2 is 2.19 bits per heavy atom. The summed E-state index contributed by atoms with van der Waals surface area (Å²) in [5.74, 6) is -2.33. The third-order valence-electron chi connectivity index (χ3n) is 3.38. The highest BCUT2D eigenvalue weighted by Crippen LogP contribution is 2.33. The molecule has 1 fully saturated rings. The number of nitrogens with zero attached hydrogens (tertiary/aromatic N) is 1. The van der Waals surface area contributed by atoms with Crippen LogP contribution in [0.3, 0.4) is 0 Å². The van der Waals surface area contributed by atoms with Crippen LogP contribution in [0.15, 0.2) is 17.5 Å². The number of hydrogen-bond acceptors (Lipinski definition) is 3. The molecule has 8 heteroatoms. The van der Waals surface area contributed by atoms with Crippen LogP contribution in [0.25, 0.3) is 0 Å². The van der Waals surface area contributed by atoms with Crippen LogP contribution in [0.4, 0.5) is 13.2 Å². The molecule has 0 saturated carbocycles. The molecule has 1 aromatic rings. The molecule has 116 valence electrons. The summed E-state index contributed by atoms with van der Waals surface area (Å²) in [7, 11) is 0. The SMILES string of the molecule is O=C(NCC(=O)N1CCC[C@@H](C(F)(F)F)C1)c1cccs1. The summed E-state index contributed by atoms with van der Waals surface area (Å²) >= 11 is 1.24. The Bertz CT molecular complexity index is 502. The Balaban J connectivity index is 1.84. The zero-order valence-electron chi connectivity index (χ0n) is 11.2. The first-order valence-corrected chi connectivity index (χ1v) is 7.42. The lowest BCUT2D eigenvalue weighted by Gasteiger charge is -2.33. The minimum Gasteiger partial charge on any atom is -0.342 e. The van der Waals surface area contributed by atoms with Crippen LogP contribution in [0.2, 0.25) is 0 Å². The van der Waals surface area contributed by atoms with E-state index in [-0.39, 0.29) is 25.4 Å². The number of carbonyl (C=O) groups excluding carboxylic acids is 2. The Morgan fingerprint density at radius 3 is 2.81 bits per heavy atom. The summed E-state index contributed by atoms with van der Waals surface area (Å²) in [5, 5.41) is 4.17. The summed E-state index contributed by atoms with van der Waals surface area (Å²) in [6.07, 6.45) is -3.90. The summed E-state index contributed by atoms with van der Waals surface area (Å²) in [6, 6.07) is 3.32. The molecule has 0 spiro atoms. The summed E-state index contributed by atoms with van der Waals surface area (Å²) < 4.78 is 38.0. The molecule has 2 heterocycles. The summed E-state index contributed by atoms with van der Waals surface area (Å²) in [5.41, 5.74) is 0. The molecular weight excluding hydrogens is 305 g/mol. The number of amides is 2. The molecular formula is C13H15F3N2O2S. The van der Waals surface area contributed by atoms with Crippen molar-refractivity contribution in [3.63, 3.8) is 0 Å². The second-order valence-electron chi connectivity index (χ2n) is 4.88. The third kappa shape index (κ3) is 4.20. The first-order valence-electron chi connectivity index (χ1n) is 6.54. The van der Waals surface area contributed by atoms with Crippen LogP contribution in [0.5, 0.6) is 0 Å². The molecule has 0 radical (unpaired) electrons. The van der Waals surface area contributed by atoms with Crippen molar-refractivity contribution in [2.45, 2.75) is 19.0 Å². The quantitative estimate of drug-likeness (QED) is 0.929. The van der Waals surface area contributed by atoms with Gasteiger partial charge in [-0.2, -0.15) is 13.2 Å². The average molecular weight is 320 g/mol. The summed E-state index contributed by atoms with van der Waals surface area (Å²) in [6.45, 7) is -0.293. The standard InChI is InChI=1S/C13H15F3N2O2S/c14-13(15,16)9-3-1-5-18(8-9)11(19)7-17-12(20)10-4-2-6-21-10/h2,4,6,9H,1,3,5,7-8H2,(H,17,20)/t9-/m1/s1. The van der Waals surface area contributed by atoms with Gasteiger partial charge >= 0.3 is 6.18 Å². The zero-order valence-corrected chi connectivity index (χ0v) is 12.0. The Hall–Kier alpha value is -1.57. The number of likely N-dealkylation sites (tertiary alicyclic amines) is 1. The smallest absolute Gasteiger partial charge is 0.342 e. The molecule has 1 aromatic heterocycles. The number of alkyl halides is 3. The minimum atomic E-state index is -4.28. The normalized spacial score (nSPS) is 19.4. The minimum absolute atomic E-state index is 0.0504. The molecule has 0 bridgehead atoms. The van der Waals surface area contributed by atoms with Crippen LogP contribution in [0.1, 0.15) is 22.5 Å². The third-order valence-corrected chi connectivity index (χ3v) is 4.25. The zero-order chi connectivity index (χ0) is 15.5. The molecule has 1 aliphatic heterocycles. The van der Waals surface area contributed by atoms with E-state index in [0.29, 0.717) is 17.8 Å². The van der Waals surface area contributed by atoms with Gasteiger partial charge in [-0.15, -0.1) is 11.3 Å². The Labute approximate surface area is 123 Å². The Morgan fingerprint density at radius 1 is 1.43 bits per heavy atom. The van der Waals surface area contributed by atoms with Gasteiger partial charge < -0.3 is 10.2 Å². The molecule has 1 N–H and O–H groups in total. The molecule has 21 heavy (non-hydrogen) atoms. The second kappa shape index (κ2) is 6.46. The van der Waals surface area contributed by atoms with E-state index >= 15 is 0 Å². The fraction of sp³-hybridized carbons (Fsp3) is 0.538. The largest absolute Gasteiger partial charge is 0.393 e. The van der Waals surface area contributed by atoms with Gasteiger partial charge in [0.2, 0.25) is 5.91 Å². The lowest BCUT2D eigenvalue weighted by atomic mass is 9.97. The molecule has 0 aliphatic carbocycles. The number of piperidine rings is 1. The number of halogens is 3. The topological polar surface area (TPSA) is 49.4 Å². The van der Waals surface area contributed by atoms with Crippen molar-refractivity contribution < 1.29 is 22.8 Å².